The second kappa shape index (κ2) is 7.39. The van der Waals surface area contributed by atoms with Gasteiger partial charge in [0.05, 0.1) is 17.9 Å². The van der Waals surface area contributed by atoms with Gasteiger partial charge in [0, 0.05) is 24.0 Å². The predicted octanol–water partition coefficient (Wildman–Crippen LogP) is 4.29. The first-order chi connectivity index (χ1) is 12.5. The van der Waals surface area contributed by atoms with E-state index in [1.165, 1.54) is 24.3 Å². The smallest absolute Gasteiger partial charge is 0.321 e. The first kappa shape index (κ1) is 17.7. The summed E-state index contributed by atoms with van der Waals surface area (Å²) in [4.78, 5) is 14.0. The van der Waals surface area contributed by atoms with Gasteiger partial charge in [0.15, 0.2) is 0 Å². The van der Waals surface area contributed by atoms with Gasteiger partial charge in [-0.3, -0.25) is 0 Å². The largest absolute Gasteiger partial charge is 0.323 e. The number of nitrogens with one attached hydrogen (secondary N) is 1. The molecule has 26 heavy (non-hydrogen) atoms. The zero-order chi connectivity index (χ0) is 18.7. The van der Waals surface area contributed by atoms with Gasteiger partial charge in [-0.15, -0.1) is 0 Å². The summed E-state index contributed by atoms with van der Waals surface area (Å²) < 4.78 is 14.9. The van der Waals surface area contributed by atoms with E-state index in [9.17, 15) is 9.18 Å². The molecule has 0 aliphatic carbocycles. The van der Waals surface area contributed by atoms with Crippen molar-refractivity contribution >= 4 is 11.7 Å². The van der Waals surface area contributed by atoms with Gasteiger partial charge in [-0.2, -0.15) is 5.10 Å². The average Bonchev–Trinajstić information content (AvgIpc) is 2.92. The highest BCUT2D eigenvalue weighted by Crippen LogP contribution is 2.19. The maximum Gasteiger partial charge on any atom is 0.321 e. The molecule has 0 bridgehead atoms. The maximum atomic E-state index is 13.0. The van der Waals surface area contributed by atoms with E-state index in [0.717, 1.165) is 22.6 Å². The van der Waals surface area contributed by atoms with Crippen LogP contribution in [0.5, 0.6) is 0 Å². The van der Waals surface area contributed by atoms with Crippen molar-refractivity contribution < 1.29 is 9.18 Å². The van der Waals surface area contributed by atoms with Crippen LogP contribution in [-0.2, 0) is 6.54 Å². The Bertz CT molecular complexity index is 904. The number of aryl methyl sites for hydroxylation is 1. The molecule has 0 fully saturated rings. The number of nitrogens with zero attached hydrogens (tertiary/aromatic N) is 3. The highest BCUT2D eigenvalue weighted by molar-refractivity contribution is 5.89. The molecule has 0 saturated heterocycles. The Morgan fingerprint density at radius 3 is 2.42 bits per heavy atom. The second-order valence-corrected chi connectivity index (χ2v) is 6.19. The van der Waals surface area contributed by atoms with Crippen LogP contribution in [0.4, 0.5) is 14.9 Å². The third kappa shape index (κ3) is 3.74. The van der Waals surface area contributed by atoms with Crippen molar-refractivity contribution in [2.24, 2.45) is 0 Å². The maximum absolute atomic E-state index is 13.0. The number of hydrogen-bond donors (Lipinski definition) is 1. The Morgan fingerprint density at radius 1 is 1.12 bits per heavy atom. The number of para-hydroxylation sites is 1. The summed E-state index contributed by atoms with van der Waals surface area (Å²) in [7, 11) is 1.72. The number of hydrogen-bond acceptors (Lipinski definition) is 2. The Labute approximate surface area is 152 Å². The minimum Gasteiger partial charge on any atom is -0.323 e. The van der Waals surface area contributed by atoms with Crippen molar-refractivity contribution in [3.8, 4) is 5.69 Å². The summed E-state index contributed by atoms with van der Waals surface area (Å²) in [5.74, 6) is -0.337. The van der Waals surface area contributed by atoms with E-state index >= 15 is 0 Å². The van der Waals surface area contributed by atoms with E-state index in [2.05, 4.69) is 10.4 Å². The van der Waals surface area contributed by atoms with Gasteiger partial charge in [-0.25, -0.2) is 13.9 Å². The molecule has 0 saturated carbocycles. The number of amides is 2. The van der Waals surface area contributed by atoms with E-state index < -0.39 is 0 Å². The molecule has 1 N–H and O–H groups in total. The Morgan fingerprint density at radius 2 is 1.77 bits per heavy atom. The normalized spacial score (nSPS) is 10.6. The van der Waals surface area contributed by atoms with Crippen LogP contribution in [0.15, 0.2) is 54.6 Å². The van der Waals surface area contributed by atoms with Crippen molar-refractivity contribution in [1.82, 2.24) is 14.7 Å². The first-order valence-electron chi connectivity index (χ1n) is 8.34. The summed E-state index contributed by atoms with van der Waals surface area (Å²) in [6.07, 6.45) is 0. The number of benzene rings is 2. The molecule has 3 rings (SSSR count). The molecule has 0 spiro atoms. The van der Waals surface area contributed by atoms with E-state index in [-0.39, 0.29) is 11.8 Å². The highest BCUT2D eigenvalue weighted by Gasteiger charge is 2.17. The quantitative estimate of drug-likeness (QED) is 0.761. The fourth-order valence-electron chi connectivity index (χ4n) is 2.79. The van der Waals surface area contributed by atoms with Crippen LogP contribution in [0.2, 0.25) is 0 Å². The number of carbonyl (C=O) groups excluding carboxylic acids is 1. The Balaban J connectivity index is 1.75. The fraction of sp³-hybridized carbons (Fsp3) is 0.200. The molecule has 1 aromatic heterocycles. The van der Waals surface area contributed by atoms with Crippen molar-refractivity contribution in [3.05, 3.63) is 77.4 Å². The van der Waals surface area contributed by atoms with E-state index in [1.54, 1.807) is 11.9 Å². The number of urea groups is 1. The van der Waals surface area contributed by atoms with Crippen LogP contribution in [0, 0.1) is 19.7 Å². The molecule has 0 unspecified atom stereocenters. The van der Waals surface area contributed by atoms with Gasteiger partial charge in [0.2, 0.25) is 0 Å². The van der Waals surface area contributed by atoms with Gasteiger partial charge < -0.3 is 10.2 Å². The van der Waals surface area contributed by atoms with Gasteiger partial charge >= 0.3 is 6.03 Å². The number of halogens is 1. The average molecular weight is 352 g/mol. The van der Waals surface area contributed by atoms with Crippen molar-refractivity contribution in [2.45, 2.75) is 20.4 Å². The fourth-order valence-corrected chi connectivity index (χ4v) is 2.79. The minimum absolute atomic E-state index is 0.261. The van der Waals surface area contributed by atoms with Gasteiger partial charge in [-0.1, -0.05) is 18.2 Å². The van der Waals surface area contributed by atoms with Crippen molar-refractivity contribution in [1.29, 1.82) is 0 Å². The number of aromatic nitrogens is 2. The Kier molecular flexibility index (Phi) is 5.02. The molecule has 1 heterocycles. The lowest BCUT2D eigenvalue weighted by molar-refractivity contribution is 0.220. The topological polar surface area (TPSA) is 50.2 Å². The summed E-state index contributed by atoms with van der Waals surface area (Å²) in [6.45, 7) is 4.36. The highest BCUT2D eigenvalue weighted by atomic mass is 19.1. The summed E-state index contributed by atoms with van der Waals surface area (Å²) in [5, 5.41) is 7.36. The van der Waals surface area contributed by atoms with Crippen molar-refractivity contribution in [3.63, 3.8) is 0 Å². The molecule has 3 aromatic rings. The van der Waals surface area contributed by atoms with Crippen LogP contribution in [0.1, 0.15) is 17.0 Å². The molecule has 0 aliphatic heterocycles. The monoisotopic (exact) mass is 352 g/mol. The molecule has 0 atom stereocenters. The molecule has 2 aromatic carbocycles. The molecular weight excluding hydrogens is 331 g/mol. The zero-order valence-electron chi connectivity index (χ0n) is 15.0. The lowest BCUT2D eigenvalue weighted by Crippen LogP contribution is -2.31. The standard InChI is InChI=1S/C20H21FN4O/c1-14-19(15(2)25(23-14)18-7-5-4-6-8-18)13-24(3)20(26)22-17-11-9-16(21)10-12-17/h4-12H,13H2,1-3H3,(H,22,26). The minimum atomic E-state index is -0.337. The lowest BCUT2D eigenvalue weighted by atomic mass is 10.2. The molecular formula is C20H21FN4O. The lowest BCUT2D eigenvalue weighted by Gasteiger charge is -2.18. The molecule has 134 valence electrons. The van der Waals surface area contributed by atoms with Crippen LogP contribution in [0.25, 0.3) is 5.69 Å². The number of rotatable bonds is 4. The van der Waals surface area contributed by atoms with E-state index in [1.807, 2.05) is 48.9 Å². The zero-order valence-corrected chi connectivity index (χ0v) is 15.0. The number of anilines is 1. The summed E-state index contributed by atoms with van der Waals surface area (Å²) in [5.41, 5.74) is 4.42. The summed E-state index contributed by atoms with van der Waals surface area (Å²) in [6, 6.07) is 15.3. The van der Waals surface area contributed by atoms with Crippen LogP contribution < -0.4 is 5.32 Å². The predicted molar refractivity (Wildman–Crippen MR) is 99.9 cm³/mol. The molecule has 2 amide bonds. The van der Waals surface area contributed by atoms with Gasteiger partial charge in [-0.05, 0) is 50.2 Å². The first-order valence-corrected chi connectivity index (χ1v) is 8.34. The molecule has 6 heteroatoms. The second-order valence-electron chi connectivity index (χ2n) is 6.19. The van der Waals surface area contributed by atoms with Crippen LogP contribution >= 0.6 is 0 Å². The van der Waals surface area contributed by atoms with Crippen molar-refractivity contribution in [2.75, 3.05) is 12.4 Å². The Hall–Kier alpha value is -3.15. The third-order valence-electron chi connectivity index (χ3n) is 4.28. The summed E-state index contributed by atoms with van der Waals surface area (Å²) >= 11 is 0. The molecule has 0 aliphatic rings. The molecule has 5 nitrogen and oxygen atoms in total. The number of carbonyl (C=O) groups is 1. The van der Waals surface area contributed by atoms with Crippen LogP contribution in [-0.4, -0.2) is 27.8 Å². The van der Waals surface area contributed by atoms with E-state index in [4.69, 9.17) is 0 Å². The SMILES string of the molecule is Cc1nn(-c2ccccc2)c(C)c1CN(C)C(=O)Nc1ccc(F)cc1. The van der Waals surface area contributed by atoms with E-state index in [0.29, 0.717) is 12.2 Å². The van der Waals surface area contributed by atoms with Gasteiger partial charge in [0.1, 0.15) is 5.82 Å². The van der Waals surface area contributed by atoms with Gasteiger partial charge in [0.25, 0.3) is 0 Å². The third-order valence-corrected chi connectivity index (χ3v) is 4.28. The molecule has 0 radical (unpaired) electrons. The van der Waals surface area contributed by atoms with Crippen LogP contribution in [0.3, 0.4) is 0 Å².